The maximum Gasteiger partial charge on any atom is 0.123 e. The van der Waals surface area contributed by atoms with Crippen molar-refractivity contribution in [3.05, 3.63) is 35.8 Å². The first kappa shape index (κ1) is 11.7. The van der Waals surface area contributed by atoms with Gasteiger partial charge in [-0.1, -0.05) is 19.1 Å². The number of nitrogens with zero attached hydrogens (tertiary/aromatic N) is 1. The van der Waals surface area contributed by atoms with Crippen LogP contribution in [0.3, 0.4) is 0 Å². The highest BCUT2D eigenvalue weighted by Gasteiger charge is 2.29. The fraction of sp³-hybridized carbons (Fsp3) is 0.400. The molecule has 0 radical (unpaired) electrons. The summed E-state index contributed by atoms with van der Waals surface area (Å²) in [5.41, 5.74) is 2.43. The number of rotatable bonds is 5. The van der Waals surface area contributed by atoms with Crippen LogP contribution >= 0.6 is 11.3 Å². The third kappa shape index (κ3) is 2.56. The molecule has 1 unspecified atom stereocenters. The second kappa shape index (κ2) is 5.11. The topological polar surface area (TPSA) is 24.9 Å². The highest BCUT2D eigenvalue weighted by Crippen LogP contribution is 2.36. The zero-order chi connectivity index (χ0) is 12.4. The SMILES string of the molecule is CCC(Nc1cccc(-c2nccs2)c1)C1CC1. The number of hydrogen-bond acceptors (Lipinski definition) is 3. The molecule has 3 rings (SSSR count). The molecule has 0 aliphatic heterocycles. The highest BCUT2D eigenvalue weighted by atomic mass is 32.1. The summed E-state index contributed by atoms with van der Waals surface area (Å²) in [7, 11) is 0. The molecule has 0 spiro atoms. The van der Waals surface area contributed by atoms with Crippen molar-refractivity contribution < 1.29 is 0 Å². The van der Waals surface area contributed by atoms with Gasteiger partial charge in [-0.3, -0.25) is 0 Å². The van der Waals surface area contributed by atoms with Crippen LogP contribution in [-0.4, -0.2) is 11.0 Å². The largest absolute Gasteiger partial charge is 0.382 e. The first-order valence-electron chi connectivity index (χ1n) is 6.63. The van der Waals surface area contributed by atoms with E-state index in [2.05, 4.69) is 41.5 Å². The Kier molecular flexibility index (Phi) is 3.33. The van der Waals surface area contributed by atoms with Gasteiger partial charge in [0.05, 0.1) is 0 Å². The number of benzene rings is 1. The van der Waals surface area contributed by atoms with E-state index in [1.54, 1.807) is 11.3 Å². The third-order valence-corrected chi connectivity index (χ3v) is 4.35. The minimum Gasteiger partial charge on any atom is -0.382 e. The van der Waals surface area contributed by atoms with Gasteiger partial charge in [0, 0.05) is 28.9 Å². The van der Waals surface area contributed by atoms with Crippen molar-refractivity contribution in [1.29, 1.82) is 0 Å². The van der Waals surface area contributed by atoms with Gasteiger partial charge in [-0.15, -0.1) is 11.3 Å². The van der Waals surface area contributed by atoms with Crippen molar-refractivity contribution in [2.75, 3.05) is 5.32 Å². The summed E-state index contributed by atoms with van der Waals surface area (Å²) in [6, 6.07) is 9.24. The number of thiazole rings is 1. The lowest BCUT2D eigenvalue weighted by atomic mass is 10.1. The minimum absolute atomic E-state index is 0.636. The van der Waals surface area contributed by atoms with Crippen molar-refractivity contribution in [2.24, 2.45) is 5.92 Å². The Bertz CT molecular complexity index is 503. The Morgan fingerprint density at radius 3 is 3.00 bits per heavy atom. The van der Waals surface area contributed by atoms with Gasteiger partial charge in [-0.25, -0.2) is 4.98 Å². The van der Waals surface area contributed by atoms with E-state index in [1.807, 2.05) is 11.6 Å². The molecule has 2 nitrogen and oxygen atoms in total. The number of hydrogen-bond donors (Lipinski definition) is 1. The van der Waals surface area contributed by atoms with E-state index in [4.69, 9.17) is 0 Å². The number of aromatic nitrogens is 1. The van der Waals surface area contributed by atoms with Gasteiger partial charge >= 0.3 is 0 Å². The van der Waals surface area contributed by atoms with Crippen LogP contribution in [-0.2, 0) is 0 Å². The molecule has 1 heterocycles. The average molecular weight is 258 g/mol. The Hall–Kier alpha value is -1.35. The summed E-state index contributed by atoms with van der Waals surface area (Å²) < 4.78 is 0. The maximum atomic E-state index is 4.37. The van der Waals surface area contributed by atoms with Crippen LogP contribution in [0.4, 0.5) is 5.69 Å². The fourth-order valence-electron chi connectivity index (χ4n) is 2.37. The lowest BCUT2D eigenvalue weighted by Crippen LogP contribution is -2.20. The molecule has 1 aliphatic carbocycles. The summed E-state index contributed by atoms with van der Waals surface area (Å²) in [6.45, 7) is 2.26. The molecule has 0 bridgehead atoms. The van der Waals surface area contributed by atoms with Crippen LogP contribution in [0.25, 0.3) is 10.6 Å². The average Bonchev–Trinajstić information content (AvgIpc) is 3.10. The molecular weight excluding hydrogens is 240 g/mol. The standard InChI is InChI=1S/C15H18N2S/c1-2-14(11-6-7-11)17-13-5-3-4-12(10-13)15-16-8-9-18-15/h3-5,8-11,14,17H,2,6-7H2,1H3. The maximum absolute atomic E-state index is 4.37. The molecule has 1 fully saturated rings. The molecule has 1 aromatic carbocycles. The summed E-state index contributed by atoms with van der Waals surface area (Å²) in [5.74, 6) is 0.888. The molecule has 1 aliphatic rings. The van der Waals surface area contributed by atoms with Gasteiger partial charge in [-0.05, 0) is 37.3 Å². The predicted octanol–water partition coefficient (Wildman–Crippen LogP) is 4.41. The van der Waals surface area contributed by atoms with Gasteiger partial charge in [0.2, 0.25) is 0 Å². The molecule has 1 aromatic heterocycles. The van der Waals surface area contributed by atoms with Gasteiger partial charge in [0.25, 0.3) is 0 Å². The molecule has 0 amide bonds. The molecule has 1 N–H and O–H groups in total. The van der Waals surface area contributed by atoms with Crippen LogP contribution in [0.2, 0.25) is 0 Å². The van der Waals surface area contributed by atoms with E-state index in [9.17, 15) is 0 Å². The molecule has 18 heavy (non-hydrogen) atoms. The van der Waals surface area contributed by atoms with Crippen molar-refractivity contribution in [2.45, 2.75) is 32.2 Å². The zero-order valence-electron chi connectivity index (χ0n) is 10.6. The summed E-state index contributed by atoms with van der Waals surface area (Å²) in [6.07, 6.45) is 5.83. The smallest absolute Gasteiger partial charge is 0.123 e. The monoisotopic (exact) mass is 258 g/mol. The first-order valence-corrected chi connectivity index (χ1v) is 7.51. The lowest BCUT2D eigenvalue weighted by molar-refractivity contribution is 0.616. The van der Waals surface area contributed by atoms with Crippen LogP contribution in [0.5, 0.6) is 0 Å². The van der Waals surface area contributed by atoms with E-state index in [0.29, 0.717) is 6.04 Å². The van der Waals surface area contributed by atoms with Crippen molar-refractivity contribution in [1.82, 2.24) is 4.98 Å². The summed E-state index contributed by atoms with van der Waals surface area (Å²) in [4.78, 5) is 4.37. The van der Waals surface area contributed by atoms with Crippen molar-refractivity contribution in [3.63, 3.8) is 0 Å². The highest BCUT2D eigenvalue weighted by molar-refractivity contribution is 7.13. The molecule has 1 saturated carbocycles. The molecule has 94 valence electrons. The van der Waals surface area contributed by atoms with E-state index in [1.165, 1.54) is 30.5 Å². The van der Waals surface area contributed by atoms with Gasteiger partial charge in [0.1, 0.15) is 5.01 Å². The Labute approximate surface area is 112 Å². The molecular formula is C15H18N2S. The van der Waals surface area contributed by atoms with E-state index in [-0.39, 0.29) is 0 Å². The first-order chi connectivity index (χ1) is 8.86. The molecule has 2 aromatic rings. The lowest BCUT2D eigenvalue weighted by Gasteiger charge is -2.18. The van der Waals surface area contributed by atoms with E-state index < -0.39 is 0 Å². The Balaban J connectivity index is 1.78. The Morgan fingerprint density at radius 2 is 2.33 bits per heavy atom. The molecule has 3 heteroatoms. The van der Waals surface area contributed by atoms with E-state index >= 15 is 0 Å². The van der Waals surface area contributed by atoms with E-state index in [0.717, 1.165) is 10.9 Å². The summed E-state index contributed by atoms with van der Waals surface area (Å²) >= 11 is 1.69. The van der Waals surface area contributed by atoms with Crippen LogP contribution in [0, 0.1) is 5.92 Å². The van der Waals surface area contributed by atoms with Gasteiger partial charge < -0.3 is 5.32 Å². The van der Waals surface area contributed by atoms with Gasteiger partial charge in [-0.2, -0.15) is 0 Å². The minimum atomic E-state index is 0.636. The van der Waals surface area contributed by atoms with Crippen molar-refractivity contribution in [3.8, 4) is 10.6 Å². The van der Waals surface area contributed by atoms with Gasteiger partial charge in [0.15, 0.2) is 0 Å². The molecule has 0 saturated heterocycles. The number of anilines is 1. The second-order valence-electron chi connectivity index (χ2n) is 4.91. The zero-order valence-corrected chi connectivity index (χ0v) is 11.4. The normalized spacial score (nSPS) is 16.5. The van der Waals surface area contributed by atoms with Crippen LogP contribution in [0.1, 0.15) is 26.2 Å². The van der Waals surface area contributed by atoms with Crippen molar-refractivity contribution >= 4 is 17.0 Å². The molecule has 1 atom stereocenters. The van der Waals surface area contributed by atoms with Crippen LogP contribution < -0.4 is 5.32 Å². The second-order valence-corrected chi connectivity index (χ2v) is 5.81. The quantitative estimate of drug-likeness (QED) is 0.859. The third-order valence-electron chi connectivity index (χ3n) is 3.52. The predicted molar refractivity (Wildman–Crippen MR) is 78.0 cm³/mol. The Morgan fingerprint density at radius 1 is 1.44 bits per heavy atom. The van der Waals surface area contributed by atoms with Crippen LogP contribution in [0.15, 0.2) is 35.8 Å². The number of nitrogens with one attached hydrogen (secondary N) is 1. The summed E-state index contributed by atoms with van der Waals surface area (Å²) in [5, 5.41) is 6.79. The fourth-order valence-corrected chi connectivity index (χ4v) is 3.01.